The van der Waals surface area contributed by atoms with Crippen LogP contribution in [0.5, 0.6) is 0 Å². The molecular formula is C19H27FN6. The predicted octanol–water partition coefficient (Wildman–Crippen LogP) is 3.08. The maximum atomic E-state index is 13.4. The number of H-pyrrole nitrogens is 1. The summed E-state index contributed by atoms with van der Waals surface area (Å²) in [5.74, 6) is 7.98. The summed E-state index contributed by atoms with van der Waals surface area (Å²) >= 11 is 0. The van der Waals surface area contributed by atoms with E-state index in [4.69, 9.17) is 5.84 Å². The molecular weight excluding hydrogens is 331 g/mol. The molecule has 3 N–H and O–H groups in total. The fraction of sp³-hybridized carbons (Fsp3) is 0.579. The zero-order valence-electron chi connectivity index (χ0n) is 15.1. The molecule has 0 radical (unpaired) electrons. The number of hydrazine groups is 1. The molecule has 1 aliphatic carbocycles. The Morgan fingerprint density at radius 1 is 1.35 bits per heavy atom. The quantitative estimate of drug-likeness (QED) is 0.642. The normalized spacial score (nSPS) is 31.2. The van der Waals surface area contributed by atoms with E-state index in [0.717, 1.165) is 61.5 Å². The van der Waals surface area contributed by atoms with Gasteiger partial charge in [-0.25, -0.2) is 15.2 Å². The zero-order chi connectivity index (χ0) is 18.1. The Labute approximate surface area is 153 Å². The minimum Gasteiger partial charge on any atom is -0.346 e. The van der Waals surface area contributed by atoms with Gasteiger partial charge >= 0.3 is 0 Å². The van der Waals surface area contributed by atoms with Crippen molar-refractivity contribution in [3.8, 4) is 0 Å². The van der Waals surface area contributed by atoms with Gasteiger partial charge in [0.05, 0.1) is 11.4 Å². The Hall–Kier alpha value is -1.99. The van der Waals surface area contributed by atoms with E-state index >= 15 is 0 Å². The molecule has 1 aromatic rings. The number of alkyl halides is 1. The number of nitrogens with one attached hydrogen (secondary N) is 1. The minimum absolute atomic E-state index is 0.353. The van der Waals surface area contributed by atoms with Crippen molar-refractivity contribution < 1.29 is 4.39 Å². The maximum absolute atomic E-state index is 13.4. The molecule has 3 aliphatic rings. The highest BCUT2D eigenvalue weighted by Gasteiger charge is 2.31. The average Bonchev–Trinajstić information content (AvgIpc) is 3.27. The second-order valence-corrected chi connectivity index (χ2v) is 7.65. The monoisotopic (exact) mass is 358 g/mol. The first-order chi connectivity index (χ1) is 12.7. The lowest BCUT2D eigenvalue weighted by Gasteiger charge is -2.33. The second kappa shape index (κ2) is 7.32. The molecule has 7 heteroatoms. The van der Waals surface area contributed by atoms with Crippen molar-refractivity contribution in [2.24, 2.45) is 27.7 Å². The Morgan fingerprint density at radius 3 is 2.85 bits per heavy atom. The van der Waals surface area contributed by atoms with Gasteiger partial charge in [0, 0.05) is 37.3 Å². The highest BCUT2D eigenvalue weighted by molar-refractivity contribution is 5.87. The summed E-state index contributed by atoms with van der Waals surface area (Å²) in [5.41, 5.74) is 2.84. The number of rotatable bonds is 4. The standard InChI is InChI=1S/C19H27FN6/c1-22-17(18-16-6-8-23-19(16)24-12-26(18)21)14-4-2-13(3-5-14)10-25-9-7-15(20)11-25/h6,8,12-15,23H,1-5,7,9-11,21H2/b18-17-/t13?,14?,15-/m0/s1. The van der Waals surface area contributed by atoms with Crippen LogP contribution in [0.1, 0.15) is 37.7 Å². The first-order valence-electron chi connectivity index (χ1n) is 9.49. The average molecular weight is 358 g/mol. The SMILES string of the molecule is C=N/C(=C1/c2cc[nH]c2N=CN1N)C1CCC(CN2CC[C@H](F)C2)CC1. The van der Waals surface area contributed by atoms with E-state index in [1.54, 1.807) is 11.3 Å². The summed E-state index contributed by atoms with van der Waals surface area (Å²) in [6.07, 6.45) is 7.97. The van der Waals surface area contributed by atoms with Gasteiger partial charge in [-0.05, 0) is 50.8 Å². The summed E-state index contributed by atoms with van der Waals surface area (Å²) in [4.78, 5) is 14.1. The number of hydrogen-bond donors (Lipinski definition) is 2. The van der Waals surface area contributed by atoms with E-state index in [1.165, 1.54) is 0 Å². The van der Waals surface area contributed by atoms with Crippen molar-refractivity contribution in [1.82, 2.24) is 14.9 Å². The number of fused-ring (bicyclic) bond motifs is 1. The van der Waals surface area contributed by atoms with Crippen molar-refractivity contribution in [2.45, 2.75) is 38.3 Å². The molecule has 0 spiro atoms. The highest BCUT2D eigenvalue weighted by atomic mass is 19.1. The highest BCUT2D eigenvalue weighted by Crippen LogP contribution is 2.40. The third-order valence-corrected chi connectivity index (χ3v) is 5.93. The van der Waals surface area contributed by atoms with Crippen LogP contribution >= 0.6 is 0 Å². The number of hydrogen-bond acceptors (Lipinski definition) is 5. The lowest BCUT2D eigenvalue weighted by atomic mass is 9.79. The Kier molecular flexibility index (Phi) is 4.91. The lowest BCUT2D eigenvalue weighted by Crippen LogP contribution is -2.33. The summed E-state index contributed by atoms with van der Waals surface area (Å²) < 4.78 is 13.4. The van der Waals surface area contributed by atoms with Gasteiger partial charge in [-0.3, -0.25) is 10.0 Å². The number of halogens is 1. The molecule has 0 amide bonds. The van der Waals surface area contributed by atoms with Gasteiger partial charge in [0.1, 0.15) is 18.3 Å². The molecule has 1 aromatic heterocycles. The van der Waals surface area contributed by atoms with Gasteiger partial charge in [0.2, 0.25) is 0 Å². The van der Waals surface area contributed by atoms with Crippen molar-refractivity contribution in [3.05, 3.63) is 23.5 Å². The van der Waals surface area contributed by atoms with Crippen LogP contribution in [0.25, 0.3) is 5.70 Å². The van der Waals surface area contributed by atoms with Crippen LogP contribution in [0.4, 0.5) is 10.2 Å². The first-order valence-corrected chi connectivity index (χ1v) is 9.49. The Bertz CT molecular complexity index is 715. The molecule has 0 aromatic carbocycles. The van der Waals surface area contributed by atoms with Gasteiger partial charge in [-0.1, -0.05) is 0 Å². The largest absolute Gasteiger partial charge is 0.346 e. The fourth-order valence-electron chi connectivity index (χ4n) is 4.58. The third-order valence-electron chi connectivity index (χ3n) is 5.93. The Morgan fingerprint density at radius 2 is 2.15 bits per heavy atom. The van der Waals surface area contributed by atoms with Gasteiger partial charge < -0.3 is 9.88 Å². The lowest BCUT2D eigenvalue weighted by molar-refractivity contribution is 0.203. The fourth-order valence-corrected chi connectivity index (χ4v) is 4.58. The zero-order valence-corrected chi connectivity index (χ0v) is 15.1. The molecule has 4 rings (SSSR count). The molecule has 1 saturated carbocycles. The van der Waals surface area contributed by atoms with Crippen LogP contribution in [-0.2, 0) is 0 Å². The molecule has 0 unspecified atom stereocenters. The second-order valence-electron chi connectivity index (χ2n) is 7.65. The van der Waals surface area contributed by atoms with E-state index in [1.807, 2.05) is 12.3 Å². The number of likely N-dealkylation sites (tertiary alicyclic amines) is 1. The molecule has 0 bridgehead atoms. The van der Waals surface area contributed by atoms with Gasteiger partial charge in [0.15, 0.2) is 0 Å². The summed E-state index contributed by atoms with van der Waals surface area (Å²) in [6, 6.07) is 1.98. The number of nitrogens with two attached hydrogens (primary N) is 1. The smallest absolute Gasteiger partial charge is 0.141 e. The van der Waals surface area contributed by atoms with Crippen LogP contribution < -0.4 is 5.84 Å². The first kappa shape index (κ1) is 17.4. The minimum atomic E-state index is -0.633. The van der Waals surface area contributed by atoms with E-state index in [0.29, 0.717) is 24.8 Å². The third kappa shape index (κ3) is 3.33. The molecule has 3 heterocycles. The van der Waals surface area contributed by atoms with E-state index in [2.05, 4.69) is 26.6 Å². The molecule has 140 valence electrons. The van der Waals surface area contributed by atoms with Crippen LogP contribution in [0.15, 0.2) is 27.9 Å². The maximum Gasteiger partial charge on any atom is 0.141 e. The van der Waals surface area contributed by atoms with Gasteiger partial charge in [-0.2, -0.15) is 0 Å². The predicted molar refractivity (Wildman–Crippen MR) is 103 cm³/mol. The summed E-state index contributed by atoms with van der Waals surface area (Å²) in [6.45, 7) is 6.36. The molecule has 1 atom stereocenters. The van der Waals surface area contributed by atoms with Gasteiger partial charge in [-0.15, -0.1) is 0 Å². The number of nitrogens with zero attached hydrogens (tertiary/aromatic N) is 4. The summed E-state index contributed by atoms with van der Waals surface area (Å²) in [5, 5.41) is 1.55. The van der Waals surface area contributed by atoms with Crippen LogP contribution in [-0.4, -0.2) is 53.8 Å². The van der Waals surface area contributed by atoms with Crippen molar-refractivity contribution in [3.63, 3.8) is 0 Å². The van der Waals surface area contributed by atoms with E-state index in [-0.39, 0.29) is 0 Å². The Balaban J connectivity index is 1.46. The number of aliphatic imine (C=N–C) groups is 2. The molecule has 1 saturated heterocycles. The van der Waals surface area contributed by atoms with Crippen molar-refractivity contribution in [1.29, 1.82) is 0 Å². The van der Waals surface area contributed by atoms with Crippen molar-refractivity contribution in [2.75, 3.05) is 19.6 Å². The van der Waals surface area contributed by atoms with Crippen molar-refractivity contribution >= 4 is 24.6 Å². The van der Waals surface area contributed by atoms with E-state index in [9.17, 15) is 4.39 Å². The number of aromatic amines is 1. The van der Waals surface area contributed by atoms with Crippen LogP contribution in [0.2, 0.25) is 0 Å². The van der Waals surface area contributed by atoms with Crippen LogP contribution in [0, 0.1) is 11.8 Å². The topological polar surface area (TPSA) is 73.0 Å². The molecule has 26 heavy (non-hydrogen) atoms. The molecule has 6 nitrogen and oxygen atoms in total. The van der Waals surface area contributed by atoms with E-state index < -0.39 is 6.17 Å². The molecule has 2 fully saturated rings. The summed E-state index contributed by atoms with van der Waals surface area (Å²) in [7, 11) is 0. The number of aromatic nitrogens is 1. The number of allylic oxidation sites excluding steroid dienone is 1. The molecule has 2 aliphatic heterocycles. The van der Waals surface area contributed by atoms with Crippen LogP contribution in [0.3, 0.4) is 0 Å². The van der Waals surface area contributed by atoms with Gasteiger partial charge in [0.25, 0.3) is 0 Å².